The first kappa shape index (κ1) is 27.2. The molecular weight excluding hydrogens is 478 g/mol. The van der Waals surface area contributed by atoms with E-state index in [1.54, 1.807) is 31.3 Å². The van der Waals surface area contributed by atoms with Crippen molar-refractivity contribution in [3.05, 3.63) is 71.3 Å². The van der Waals surface area contributed by atoms with Gasteiger partial charge in [-0.15, -0.1) is 0 Å². The molecule has 0 saturated heterocycles. The Morgan fingerprint density at radius 3 is 2.43 bits per heavy atom. The van der Waals surface area contributed by atoms with Gasteiger partial charge >= 0.3 is 12.1 Å². The van der Waals surface area contributed by atoms with Crippen LogP contribution >= 0.6 is 0 Å². The monoisotopic (exact) mass is 509 g/mol. The number of nitrogens with zero attached hydrogens (tertiary/aromatic N) is 3. The number of amides is 2. The summed E-state index contributed by atoms with van der Waals surface area (Å²) in [5.41, 5.74) is 8.39. The van der Waals surface area contributed by atoms with Crippen LogP contribution in [-0.4, -0.2) is 79.2 Å². The number of ether oxygens (including phenoxy) is 2. The number of amidine groups is 1. The van der Waals surface area contributed by atoms with Crippen LogP contribution in [0.5, 0.6) is 0 Å². The Hall–Kier alpha value is -4.41. The highest BCUT2D eigenvalue weighted by Crippen LogP contribution is 2.20. The minimum atomic E-state index is -1.06. The lowest BCUT2D eigenvalue weighted by Crippen LogP contribution is -2.50. The maximum atomic E-state index is 12.9. The molecule has 1 aliphatic rings. The quantitative estimate of drug-likeness (QED) is 0.283. The van der Waals surface area contributed by atoms with E-state index in [0.29, 0.717) is 17.7 Å². The zero-order chi connectivity index (χ0) is 26.9. The van der Waals surface area contributed by atoms with Gasteiger partial charge in [-0.25, -0.2) is 9.59 Å². The summed E-state index contributed by atoms with van der Waals surface area (Å²) in [6, 6.07) is 15.1. The van der Waals surface area contributed by atoms with Crippen molar-refractivity contribution < 1.29 is 28.7 Å². The number of oxime groups is 1. The molecule has 11 heteroatoms. The summed E-state index contributed by atoms with van der Waals surface area (Å²) in [7, 11) is 4.18. The van der Waals surface area contributed by atoms with E-state index in [-0.39, 0.29) is 31.3 Å². The van der Waals surface area contributed by atoms with Crippen LogP contribution in [0, 0.1) is 5.41 Å². The highest BCUT2D eigenvalue weighted by molar-refractivity contribution is 6.02. The second-order valence-corrected chi connectivity index (χ2v) is 8.63. The zero-order valence-electron chi connectivity index (χ0n) is 21.0. The Kier molecular flexibility index (Phi) is 9.20. The summed E-state index contributed by atoms with van der Waals surface area (Å²) in [5, 5.41) is 11.6. The third-order valence-electron chi connectivity index (χ3n) is 5.97. The van der Waals surface area contributed by atoms with Gasteiger partial charge in [0.15, 0.2) is 0 Å². The number of nitrogens with two attached hydrogens (primary N) is 1. The Morgan fingerprint density at radius 1 is 1.14 bits per heavy atom. The van der Waals surface area contributed by atoms with Gasteiger partial charge in [0, 0.05) is 26.1 Å². The van der Waals surface area contributed by atoms with Crippen molar-refractivity contribution in [3.63, 3.8) is 0 Å². The van der Waals surface area contributed by atoms with Crippen LogP contribution in [0.1, 0.15) is 29.5 Å². The fraction of sp³-hybridized carbons (Fsp3) is 0.346. The van der Waals surface area contributed by atoms with Crippen LogP contribution in [0.3, 0.4) is 0 Å². The molecule has 0 spiro atoms. The van der Waals surface area contributed by atoms with Crippen molar-refractivity contribution in [2.45, 2.75) is 31.6 Å². The molecular formula is C26H31N5O6. The van der Waals surface area contributed by atoms with Crippen molar-refractivity contribution in [1.82, 2.24) is 9.80 Å². The largest absolute Gasteiger partial charge is 0.467 e. The van der Waals surface area contributed by atoms with E-state index in [9.17, 15) is 14.4 Å². The molecule has 0 radical (unpaired) electrons. The van der Waals surface area contributed by atoms with Gasteiger partial charge in [-0.1, -0.05) is 59.8 Å². The predicted molar refractivity (Wildman–Crippen MR) is 136 cm³/mol. The maximum Gasteiger partial charge on any atom is 0.410 e. The Labute approximate surface area is 215 Å². The molecule has 2 amide bonds. The van der Waals surface area contributed by atoms with E-state index in [4.69, 9.17) is 25.5 Å². The second kappa shape index (κ2) is 12.5. The summed E-state index contributed by atoms with van der Waals surface area (Å²) in [6.07, 6.45) is -0.730. The number of hydrogen-bond acceptors (Lipinski definition) is 8. The minimum absolute atomic E-state index is 0.0250. The minimum Gasteiger partial charge on any atom is -0.467 e. The fourth-order valence-corrected chi connectivity index (χ4v) is 3.70. The number of carbonyl (C=O) groups excluding carboxylic acids is 3. The van der Waals surface area contributed by atoms with Gasteiger partial charge < -0.3 is 24.9 Å². The van der Waals surface area contributed by atoms with Gasteiger partial charge in [-0.2, -0.15) is 0 Å². The molecule has 3 N–H and O–H groups in total. The van der Waals surface area contributed by atoms with Crippen molar-refractivity contribution in [3.8, 4) is 0 Å². The van der Waals surface area contributed by atoms with Crippen molar-refractivity contribution in [2.24, 2.45) is 10.9 Å². The van der Waals surface area contributed by atoms with E-state index >= 15 is 0 Å². The number of rotatable bonds is 10. The molecule has 0 aliphatic carbocycles. The van der Waals surface area contributed by atoms with Crippen LogP contribution in [0.25, 0.3) is 0 Å². The van der Waals surface area contributed by atoms with Crippen molar-refractivity contribution >= 4 is 29.5 Å². The average molecular weight is 510 g/mol. The number of hydrogen-bond donors (Lipinski definition) is 2. The summed E-state index contributed by atoms with van der Waals surface area (Å²) in [4.78, 5) is 45.8. The molecule has 11 nitrogen and oxygen atoms in total. The first-order valence-electron chi connectivity index (χ1n) is 11.6. The average Bonchev–Trinajstić information content (AvgIpc) is 3.38. The first-order valence-corrected chi connectivity index (χ1v) is 11.6. The fourth-order valence-electron chi connectivity index (χ4n) is 3.70. The number of likely N-dealkylation sites (N-methyl/N-ethyl adjacent to an activating group) is 2. The van der Waals surface area contributed by atoms with Gasteiger partial charge in [0.2, 0.25) is 5.91 Å². The molecule has 1 aliphatic heterocycles. The number of carbonyl (C=O) groups is 3. The molecule has 1 unspecified atom stereocenters. The van der Waals surface area contributed by atoms with E-state index in [1.165, 1.54) is 19.1 Å². The number of esters is 1. The standard InChI is InChI=1S/C26H31N5O6/c1-30(15-22(25(33)35-3)31(2)26(34)36-16-17-7-5-4-6-8-17)23(32)14-20-13-21(29-37-20)18-9-11-19(12-10-18)24(27)28/h4-12,20,22H,13-16H2,1-3H3,(H3,27,28)/t20?,22-/m0/s1. The summed E-state index contributed by atoms with van der Waals surface area (Å²) in [6.45, 7) is -0.0408. The molecule has 0 bridgehead atoms. The number of nitrogen functional groups attached to an aromatic ring is 1. The topological polar surface area (TPSA) is 148 Å². The number of methoxy groups -OCH3 is 1. The highest BCUT2D eigenvalue weighted by Gasteiger charge is 2.33. The molecule has 1 heterocycles. The van der Waals surface area contributed by atoms with E-state index in [1.807, 2.05) is 30.3 Å². The normalized spacial score (nSPS) is 15.1. The number of benzene rings is 2. The van der Waals surface area contributed by atoms with Gasteiger partial charge in [-0.05, 0) is 11.1 Å². The van der Waals surface area contributed by atoms with Gasteiger partial charge in [-0.3, -0.25) is 15.1 Å². The van der Waals surface area contributed by atoms with Crippen LogP contribution in [0.2, 0.25) is 0 Å². The summed E-state index contributed by atoms with van der Waals surface area (Å²) < 4.78 is 10.2. The molecule has 2 aromatic carbocycles. The molecule has 0 saturated carbocycles. The van der Waals surface area contributed by atoms with E-state index in [0.717, 1.165) is 16.0 Å². The lowest BCUT2D eigenvalue weighted by atomic mass is 10.0. The molecule has 3 rings (SSSR count). The lowest BCUT2D eigenvalue weighted by Gasteiger charge is -2.29. The molecule has 0 fully saturated rings. The van der Waals surface area contributed by atoms with Crippen LogP contribution in [0.15, 0.2) is 59.8 Å². The van der Waals surface area contributed by atoms with Gasteiger partial charge in [0.25, 0.3) is 0 Å². The third-order valence-corrected chi connectivity index (χ3v) is 5.97. The molecule has 196 valence electrons. The Bertz CT molecular complexity index is 1150. The van der Waals surface area contributed by atoms with Crippen LogP contribution < -0.4 is 5.73 Å². The lowest BCUT2D eigenvalue weighted by molar-refractivity contribution is -0.147. The number of nitrogens with one attached hydrogen (secondary N) is 1. The third kappa shape index (κ3) is 7.29. The van der Waals surface area contributed by atoms with Crippen molar-refractivity contribution in [1.29, 1.82) is 5.41 Å². The molecule has 0 aromatic heterocycles. The molecule has 2 aromatic rings. The maximum absolute atomic E-state index is 12.9. The van der Waals surface area contributed by atoms with Crippen molar-refractivity contribution in [2.75, 3.05) is 27.7 Å². The van der Waals surface area contributed by atoms with E-state index in [2.05, 4.69) is 5.16 Å². The SMILES string of the molecule is COC(=O)[C@H](CN(C)C(=O)CC1CC(c2ccc(C(=N)N)cc2)=NO1)N(C)C(=O)OCc1ccccc1. The predicted octanol–water partition coefficient (Wildman–Crippen LogP) is 2.12. The second-order valence-electron chi connectivity index (χ2n) is 8.63. The summed E-state index contributed by atoms with van der Waals surface area (Å²) >= 11 is 0. The van der Waals surface area contributed by atoms with Gasteiger partial charge in [0.05, 0.1) is 25.8 Å². The van der Waals surface area contributed by atoms with E-state index < -0.39 is 24.2 Å². The molecule has 2 atom stereocenters. The summed E-state index contributed by atoms with van der Waals surface area (Å²) in [5.74, 6) is -0.980. The smallest absolute Gasteiger partial charge is 0.410 e. The first-order chi connectivity index (χ1) is 17.7. The zero-order valence-corrected chi connectivity index (χ0v) is 21.0. The Morgan fingerprint density at radius 2 is 1.81 bits per heavy atom. The van der Waals surface area contributed by atoms with Crippen LogP contribution in [-0.2, 0) is 30.5 Å². The van der Waals surface area contributed by atoms with Crippen LogP contribution in [0.4, 0.5) is 4.79 Å². The van der Waals surface area contributed by atoms with Gasteiger partial charge in [0.1, 0.15) is 24.6 Å². The Balaban J connectivity index is 1.54. The highest BCUT2D eigenvalue weighted by atomic mass is 16.6. The molecule has 37 heavy (non-hydrogen) atoms.